The van der Waals surface area contributed by atoms with Gasteiger partial charge in [0.1, 0.15) is 5.60 Å². The van der Waals surface area contributed by atoms with Crippen LogP contribution < -0.4 is 10.2 Å². The van der Waals surface area contributed by atoms with Gasteiger partial charge < -0.3 is 25.0 Å². The van der Waals surface area contributed by atoms with E-state index in [2.05, 4.69) is 10.2 Å². The van der Waals surface area contributed by atoms with Gasteiger partial charge in [-0.05, 0) is 57.7 Å². The molecule has 2 aliphatic rings. The van der Waals surface area contributed by atoms with Gasteiger partial charge in [-0.1, -0.05) is 12.1 Å². The molecule has 176 valence electrons. The fraction of sp³-hybridized carbons (Fsp3) is 0.625. The van der Waals surface area contributed by atoms with E-state index < -0.39 is 11.7 Å². The number of nitrogens with one attached hydrogen (secondary N) is 1. The van der Waals surface area contributed by atoms with Crippen molar-refractivity contribution in [1.82, 2.24) is 10.2 Å². The molecule has 32 heavy (non-hydrogen) atoms. The molecule has 0 radical (unpaired) electrons. The zero-order chi connectivity index (χ0) is 23.3. The third kappa shape index (κ3) is 6.95. The first kappa shape index (κ1) is 24.0. The van der Waals surface area contributed by atoms with Gasteiger partial charge in [0, 0.05) is 37.8 Å². The molecule has 2 heterocycles. The smallest absolute Gasteiger partial charge is 0.310 e. The Kier molecular flexibility index (Phi) is 7.77. The highest BCUT2D eigenvalue weighted by atomic mass is 16.6. The summed E-state index contributed by atoms with van der Waals surface area (Å²) in [4.78, 5) is 40.4. The van der Waals surface area contributed by atoms with Gasteiger partial charge >= 0.3 is 5.97 Å². The highest BCUT2D eigenvalue weighted by Crippen LogP contribution is 2.24. The molecule has 1 atom stereocenters. The monoisotopic (exact) mass is 445 g/mol. The highest BCUT2D eigenvalue weighted by molar-refractivity contribution is 5.86. The van der Waals surface area contributed by atoms with Crippen LogP contribution in [0.2, 0.25) is 0 Å². The van der Waals surface area contributed by atoms with Crippen molar-refractivity contribution in [1.29, 1.82) is 0 Å². The summed E-state index contributed by atoms with van der Waals surface area (Å²) >= 11 is 0. The summed E-state index contributed by atoms with van der Waals surface area (Å²) in [5.74, 6) is -0.560. The molecule has 8 nitrogen and oxygen atoms in total. The Morgan fingerprint density at radius 2 is 1.72 bits per heavy atom. The van der Waals surface area contributed by atoms with E-state index in [1.807, 2.05) is 45.0 Å². The SMILES string of the molecule is CC(C)(C)OC(=O)Cc1ccc(N2CCC(C(=O)NCC(=O)N3CCC(O)C3)CC2)cc1. The number of anilines is 1. The molecule has 8 heteroatoms. The average Bonchev–Trinajstić information content (AvgIpc) is 3.17. The molecule has 3 rings (SSSR count). The number of rotatable bonds is 6. The zero-order valence-electron chi connectivity index (χ0n) is 19.3. The Hall–Kier alpha value is -2.61. The number of carbonyl (C=O) groups excluding carboxylic acids is 3. The van der Waals surface area contributed by atoms with E-state index >= 15 is 0 Å². The van der Waals surface area contributed by atoms with Crippen molar-refractivity contribution in [3.8, 4) is 0 Å². The van der Waals surface area contributed by atoms with Crippen LogP contribution >= 0.6 is 0 Å². The van der Waals surface area contributed by atoms with E-state index in [1.165, 1.54) is 0 Å². The number of likely N-dealkylation sites (tertiary alicyclic amines) is 1. The summed E-state index contributed by atoms with van der Waals surface area (Å²) in [5.41, 5.74) is 1.49. The Morgan fingerprint density at radius 1 is 1.06 bits per heavy atom. The molecule has 0 bridgehead atoms. The number of benzene rings is 1. The van der Waals surface area contributed by atoms with E-state index in [-0.39, 0.29) is 36.7 Å². The number of amides is 2. The molecule has 2 saturated heterocycles. The lowest BCUT2D eigenvalue weighted by Gasteiger charge is -2.33. The molecule has 0 aliphatic carbocycles. The molecular weight excluding hydrogens is 410 g/mol. The first-order valence-corrected chi connectivity index (χ1v) is 11.4. The third-order valence-electron chi connectivity index (χ3n) is 5.87. The molecule has 1 aromatic carbocycles. The summed E-state index contributed by atoms with van der Waals surface area (Å²) < 4.78 is 5.37. The number of β-amino-alcohol motifs (C(OH)–C–C–N with tert-alkyl or cyclic N) is 1. The van der Waals surface area contributed by atoms with Crippen LogP contribution in [0.1, 0.15) is 45.6 Å². The van der Waals surface area contributed by atoms with Crippen molar-refractivity contribution < 1.29 is 24.2 Å². The number of aliphatic hydroxyl groups is 1. The van der Waals surface area contributed by atoms with Gasteiger partial charge in [-0.3, -0.25) is 14.4 Å². The first-order valence-electron chi connectivity index (χ1n) is 11.4. The topological polar surface area (TPSA) is 99.2 Å². The number of piperidine rings is 1. The third-order valence-corrected chi connectivity index (χ3v) is 5.87. The minimum Gasteiger partial charge on any atom is -0.460 e. The maximum absolute atomic E-state index is 12.5. The zero-order valence-corrected chi connectivity index (χ0v) is 19.3. The lowest BCUT2D eigenvalue weighted by Crippen LogP contribution is -2.44. The predicted molar refractivity (Wildman–Crippen MR) is 121 cm³/mol. The van der Waals surface area contributed by atoms with Gasteiger partial charge in [0.15, 0.2) is 0 Å². The summed E-state index contributed by atoms with van der Waals surface area (Å²) in [7, 11) is 0. The summed E-state index contributed by atoms with van der Waals surface area (Å²) in [6.07, 6.45) is 1.84. The number of ether oxygens (including phenoxy) is 1. The van der Waals surface area contributed by atoms with Crippen LogP contribution in [-0.4, -0.2) is 72.2 Å². The second-order valence-electron chi connectivity index (χ2n) is 9.69. The van der Waals surface area contributed by atoms with Gasteiger partial charge in [0.25, 0.3) is 0 Å². The van der Waals surface area contributed by atoms with Crippen molar-refractivity contribution in [2.45, 2.75) is 58.2 Å². The summed E-state index contributed by atoms with van der Waals surface area (Å²) in [5, 5.41) is 12.3. The summed E-state index contributed by atoms with van der Waals surface area (Å²) in [6.45, 7) is 7.97. The number of hydrogen-bond donors (Lipinski definition) is 2. The number of esters is 1. The van der Waals surface area contributed by atoms with Crippen molar-refractivity contribution >= 4 is 23.5 Å². The largest absolute Gasteiger partial charge is 0.460 e. The van der Waals surface area contributed by atoms with E-state index in [1.54, 1.807) is 4.90 Å². The standard InChI is InChI=1S/C24H35N3O5/c1-24(2,3)32-22(30)14-17-4-6-19(7-5-17)26-11-8-18(9-12-26)23(31)25-15-21(29)27-13-10-20(28)16-27/h4-7,18,20,28H,8-16H2,1-3H3,(H,25,31). The lowest BCUT2D eigenvalue weighted by molar-refractivity contribution is -0.153. The molecule has 1 aromatic rings. The lowest BCUT2D eigenvalue weighted by atomic mass is 9.95. The van der Waals surface area contributed by atoms with Crippen molar-refractivity contribution in [3.05, 3.63) is 29.8 Å². The van der Waals surface area contributed by atoms with Crippen LogP contribution in [0.3, 0.4) is 0 Å². The quantitative estimate of drug-likeness (QED) is 0.644. The fourth-order valence-electron chi connectivity index (χ4n) is 4.16. The summed E-state index contributed by atoms with van der Waals surface area (Å²) in [6, 6.07) is 7.89. The van der Waals surface area contributed by atoms with E-state index in [0.717, 1.165) is 37.2 Å². The maximum Gasteiger partial charge on any atom is 0.310 e. The van der Waals surface area contributed by atoms with Crippen LogP contribution in [0.25, 0.3) is 0 Å². The normalized spacial score (nSPS) is 19.7. The van der Waals surface area contributed by atoms with Crippen LogP contribution in [0.15, 0.2) is 24.3 Å². The van der Waals surface area contributed by atoms with Gasteiger partial charge in [-0.25, -0.2) is 0 Å². The van der Waals surface area contributed by atoms with Crippen LogP contribution in [0, 0.1) is 5.92 Å². The molecule has 2 fully saturated rings. The molecule has 2 N–H and O–H groups in total. The van der Waals surface area contributed by atoms with Gasteiger partial charge in [-0.2, -0.15) is 0 Å². The Labute approximate surface area is 189 Å². The Bertz CT molecular complexity index is 810. The highest BCUT2D eigenvalue weighted by Gasteiger charge is 2.28. The number of nitrogens with zero attached hydrogens (tertiary/aromatic N) is 2. The first-order chi connectivity index (χ1) is 15.1. The van der Waals surface area contributed by atoms with Crippen molar-refractivity contribution in [2.75, 3.05) is 37.6 Å². The minimum absolute atomic E-state index is 0.00905. The molecule has 0 aromatic heterocycles. The maximum atomic E-state index is 12.5. The fourth-order valence-corrected chi connectivity index (χ4v) is 4.16. The van der Waals surface area contributed by atoms with Crippen molar-refractivity contribution in [2.24, 2.45) is 5.92 Å². The molecule has 0 spiro atoms. The second-order valence-corrected chi connectivity index (χ2v) is 9.69. The average molecular weight is 446 g/mol. The number of hydrogen-bond acceptors (Lipinski definition) is 6. The number of aliphatic hydroxyl groups excluding tert-OH is 1. The Morgan fingerprint density at radius 3 is 2.28 bits per heavy atom. The molecule has 2 aliphatic heterocycles. The van der Waals surface area contributed by atoms with E-state index in [9.17, 15) is 19.5 Å². The molecule has 1 unspecified atom stereocenters. The van der Waals surface area contributed by atoms with Crippen LogP contribution in [0.4, 0.5) is 5.69 Å². The predicted octanol–water partition coefficient (Wildman–Crippen LogP) is 1.50. The van der Waals surface area contributed by atoms with Crippen molar-refractivity contribution in [3.63, 3.8) is 0 Å². The molecular formula is C24H35N3O5. The van der Waals surface area contributed by atoms with Crippen LogP contribution in [0.5, 0.6) is 0 Å². The Balaban J connectivity index is 1.41. The van der Waals surface area contributed by atoms with Gasteiger partial charge in [0.05, 0.1) is 19.1 Å². The van der Waals surface area contributed by atoms with Gasteiger partial charge in [-0.15, -0.1) is 0 Å². The van der Waals surface area contributed by atoms with Gasteiger partial charge in [0.2, 0.25) is 11.8 Å². The number of carbonyl (C=O) groups is 3. The van der Waals surface area contributed by atoms with E-state index in [4.69, 9.17) is 4.74 Å². The molecule has 2 amide bonds. The van der Waals surface area contributed by atoms with Crippen LogP contribution in [-0.2, 0) is 25.5 Å². The van der Waals surface area contributed by atoms with E-state index in [0.29, 0.717) is 19.5 Å². The second kappa shape index (κ2) is 10.3. The molecule has 0 saturated carbocycles. The minimum atomic E-state index is -0.488.